The first kappa shape index (κ1) is 14.3. The zero-order valence-corrected chi connectivity index (χ0v) is 11.3. The molecule has 2 atom stereocenters. The molecule has 1 aliphatic rings. The first-order valence-corrected chi connectivity index (χ1v) is 5.86. The Morgan fingerprint density at radius 3 is 2.53 bits per heavy atom. The summed E-state index contributed by atoms with van der Waals surface area (Å²) in [6.07, 6.45) is -0.0196. The van der Waals surface area contributed by atoms with Gasteiger partial charge in [-0.15, -0.1) is 0 Å². The summed E-state index contributed by atoms with van der Waals surface area (Å²) < 4.78 is 10.5. The number of β-amino-alcohol motifs (C(OH)–C–C–N with tert-alkyl or cyclic N) is 1. The molecule has 17 heavy (non-hydrogen) atoms. The lowest BCUT2D eigenvalue weighted by Gasteiger charge is -2.40. The van der Waals surface area contributed by atoms with Crippen molar-refractivity contribution >= 4 is 6.09 Å². The van der Waals surface area contributed by atoms with Crippen molar-refractivity contribution in [3.05, 3.63) is 0 Å². The summed E-state index contributed by atoms with van der Waals surface area (Å²) in [7, 11) is 1.58. The van der Waals surface area contributed by atoms with Crippen LogP contribution in [0.1, 0.15) is 34.1 Å². The van der Waals surface area contributed by atoms with Gasteiger partial charge in [0.05, 0.1) is 24.8 Å². The Labute approximate surface area is 103 Å². The predicted molar refractivity (Wildman–Crippen MR) is 63.8 cm³/mol. The normalized spacial score (nSPS) is 30.2. The second kappa shape index (κ2) is 4.82. The Bertz CT molecular complexity index is 283. The summed E-state index contributed by atoms with van der Waals surface area (Å²) >= 11 is 0. The highest BCUT2D eigenvalue weighted by atomic mass is 16.6. The van der Waals surface area contributed by atoms with Crippen LogP contribution in [0.15, 0.2) is 0 Å². The number of nitrogens with zero attached hydrogens (tertiary/aromatic N) is 1. The van der Waals surface area contributed by atoms with Crippen LogP contribution in [-0.4, -0.2) is 53.6 Å². The smallest absolute Gasteiger partial charge is 0.410 e. The van der Waals surface area contributed by atoms with Gasteiger partial charge in [-0.25, -0.2) is 4.79 Å². The number of ether oxygens (including phenoxy) is 2. The van der Waals surface area contributed by atoms with E-state index in [0.29, 0.717) is 13.0 Å². The lowest BCUT2D eigenvalue weighted by atomic mass is 9.93. The van der Waals surface area contributed by atoms with Gasteiger partial charge in [-0.3, -0.25) is 0 Å². The molecule has 1 heterocycles. The largest absolute Gasteiger partial charge is 0.444 e. The number of hydrogen-bond acceptors (Lipinski definition) is 4. The fraction of sp³-hybridized carbons (Fsp3) is 0.917. The van der Waals surface area contributed by atoms with E-state index in [-0.39, 0.29) is 12.6 Å². The molecule has 0 spiro atoms. The third kappa shape index (κ3) is 4.52. The van der Waals surface area contributed by atoms with Crippen molar-refractivity contribution in [3.63, 3.8) is 0 Å². The average molecular weight is 245 g/mol. The molecule has 1 amide bonds. The van der Waals surface area contributed by atoms with E-state index in [9.17, 15) is 9.90 Å². The Kier molecular flexibility index (Phi) is 4.04. The number of hydrogen-bond donors (Lipinski definition) is 1. The van der Waals surface area contributed by atoms with E-state index in [1.807, 2.05) is 20.8 Å². The van der Waals surface area contributed by atoms with Crippen molar-refractivity contribution in [1.29, 1.82) is 0 Å². The predicted octanol–water partition coefficient (Wildman–Crippen LogP) is 1.39. The molecule has 0 aromatic rings. The van der Waals surface area contributed by atoms with Crippen LogP contribution in [-0.2, 0) is 9.47 Å². The first-order chi connectivity index (χ1) is 7.63. The van der Waals surface area contributed by atoms with Crippen molar-refractivity contribution in [2.24, 2.45) is 0 Å². The first-order valence-electron chi connectivity index (χ1n) is 5.86. The Hall–Kier alpha value is -0.810. The third-order valence-corrected chi connectivity index (χ3v) is 2.61. The van der Waals surface area contributed by atoms with E-state index >= 15 is 0 Å². The van der Waals surface area contributed by atoms with Crippen LogP contribution in [0.3, 0.4) is 0 Å². The molecule has 0 unspecified atom stereocenters. The maximum atomic E-state index is 11.9. The number of methoxy groups -OCH3 is 1. The highest BCUT2D eigenvalue weighted by molar-refractivity contribution is 5.68. The van der Waals surface area contributed by atoms with Gasteiger partial charge in [0.25, 0.3) is 0 Å². The summed E-state index contributed by atoms with van der Waals surface area (Å²) in [4.78, 5) is 13.4. The van der Waals surface area contributed by atoms with Crippen LogP contribution >= 0.6 is 0 Å². The molecule has 5 heteroatoms. The van der Waals surface area contributed by atoms with Gasteiger partial charge in [0.1, 0.15) is 5.60 Å². The van der Waals surface area contributed by atoms with Gasteiger partial charge in [-0.1, -0.05) is 0 Å². The number of rotatable bonds is 1. The second-order valence-corrected chi connectivity index (χ2v) is 5.92. The van der Waals surface area contributed by atoms with Gasteiger partial charge >= 0.3 is 6.09 Å². The zero-order chi connectivity index (χ0) is 13.3. The Morgan fingerprint density at radius 1 is 1.47 bits per heavy atom. The minimum atomic E-state index is -0.921. The molecule has 0 aromatic carbocycles. The van der Waals surface area contributed by atoms with Gasteiger partial charge < -0.3 is 19.5 Å². The van der Waals surface area contributed by atoms with Crippen LogP contribution in [0.5, 0.6) is 0 Å². The average Bonchev–Trinajstić information content (AvgIpc) is 2.12. The van der Waals surface area contributed by atoms with E-state index < -0.39 is 17.3 Å². The maximum Gasteiger partial charge on any atom is 0.410 e. The van der Waals surface area contributed by atoms with Crippen molar-refractivity contribution in [3.8, 4) is 0 Å². The van der Waals surface area contributed by atoms with Crippen LogP contribution in [0.2, 0.25) is 0 Å². The van der Waals surface area contributed by atoms with Crippen molar-refractivity contribution in [2.45, 2.75) is 51.4 Å². The summed E-state index contributed by atoms with van der Waals surface area (Å²) in [5.41, 5.74) is -1.45. The second-order valence-electron chi connectivity index (χ2n) is 5.92. The minimum Gasteiger partial charge on any atom is -0.444 e. The number of aliphatic hydroxyl groups is 1. The molecule has 0 aliphatic carbocycles. The number of piperidine rings is 1. The van der Waals surface area contributed by atoms with Gasteiger partial charge in [0.15, 0.2) is 0 Å². The lowest BCUT2D eigenvalue weighted by molar-refractivity contribution is -0.0836. The molecule has 1 aliphatic heterocycles. The standard InChI is InChI=1S/C12H23NO4/c1-11(2,3)17-10(14)13-7-9(16-5)6-12(4,15)8-13/h9,15H,6-8H2,1-5H3/t9-,12+/m0/s1. The summed E-state index contributed by atoms with van der Waals surface area (Å²) in [6.45, 7) is 7.90. The van der Waals surface area contributed by atoms with E-state index in [2.05, 4.69) is 0 Å². The monoisotopic (exact) mass is 245 g/mol. The Balaban J connectivity index is 2.67. The number of amides is 1. The van der Waals surface area contributed by atoms with Gasteiger partial charge in [-0.2, -0.15) is 0 Å². The number of carbonyl (C=O) groups is 1. The van der Waals surface area contributed by atoms with Crippen LogP contribution < -0.4 is 0 Å². The van der Waals surface area contributed by atoms with Crippen molar-refractivity contribution in [1.82, 2.24) is 4.90 Å². The molecular weight excluding hydrogens is 222 g/mol. The summed E-state index contributed by atoms with van der Waals surface area (Å²) in [5.74, 6) is 0. The SMILES string of the molecule is CO[C@@H]1CN(C(=O)OC(C)(C)C)C[C@](C)(O)C1. The quantitative estimate of drug-likeness (QED) is 0.758. The molecular formula is C12H23NO4. The molecule has 0 aromatic heterocycles. The molecule has 1 rings (SSSR count). The van der Waals surface area contributed by atoms with Gasteiger partial charge in [0.2, 0.25) is 0 Å². The summed E-state index contributed by atoms with van der Waals surface area (Å²) in [6, 6.07) is 0. The molecule has 1 saturated heterocycles. The van der Waals surface area contributed by atoms with Crippen LogP contribution in [0, 0.1) is 0 Å². The highest BCUT2D eigenvalue weighted by Gasteiger charge is 2.38. The van der Waals surface area contributed by atoms with Gasteiger partial charge in [0, 0.05) is 13.5 Å². The molecule has 100 valence electrons. The Morgan fingerprint density at radius 2 is 2.06 bits per heavy atom. The molecule has 5 nitrogen and oxygen atoms in total. The number of carbonyl (C=O) groups excluding carboxylic acids is 1. The molecule has 0 saturated carbocycles. The fourth-order valence-electron chi connectivity index (χ4n) is 1.96. The summed E-state index contributed by atoms with van der Waals surface area (Å²) in [5, 5.41) is 10.1. The van der Waals surface area contributed by atoms with E-state index in [4.69, 9.17) is 9.47 Å². The third-order valence-electron chi connectivity index (χ3n) is 2.61. The topological polar surface area (TPSA) is 59.0 Å². The van der Waals surface area contributed by atoms with Crippen molar-refractivity contribution < 1.29 is 19.4 Å². The molecule has 1 N–H and O–H groups in total. The minimum absolute atomic E-state index is 0.147. The molecule has 1 fully saturated rings. The molecule has 0 bridgehead atoms. The zero-order valence-electron chi connectivity index (χ0n) is 11.3. The molecule has 0 radical (unpaired) electrons. The highest BCUT2D eigenvalue weighted by Crippen LogP contribution is 2.24. The maximum absolute atomic E-state index is 11.9. The van der Waals surface area contributed by atoms with E-state index in [1.165, 1.54) is 4.90 Å². The van der Waals surface area contributed by atoms with E-state index in [0.717, 1.165) is 0 Å². The van der Waals surface area contributed by atoms with Gasteiger partial charge in [-0.05, 0) is 27.7 Å². The fourth-order valence-corrected chi connectivity index (χ4v) is 1.96. The van der Waals surface area contributed by atoms with Crippen molar-refractivity contribution in [2.75, 3.05) is 20.2 Å². The lowest BCUT2D eigenvalue weighted by Crippen LogP contribution is -2.55. The number of likely N-dealkylation sites (tertiary alicyclic amines) is 1. The van der Waals surface area contributed by atoms with E-state index in [1.54, 1.807) is 14.0 Å². The van der Waals surface area contributed by atoms with Crippen LogP contribution in [0.4, 0.5) is 4.79 Å². The van der Waals surface area contributed by atoms with Crippen LogP contribution in [0.25, 0.3) is 0 Å².